The fourth-order valence-corrected chi connectivity index (χ4v) is 4.93. The number of thioether (sulfide) groups is 1. The van der Waals surface area contributed by atoms with Crippen LogP contribution < -0.4 is 10.2 Å². The van der Waals surface area contributed by atoms with Gasteiger partial charge in [-0.25, -0.2) is 0 Å². The van der Waals surface area contributed by atoms with Gasteiger partial charge in [0.1, 0.15) is 0 Å². The Kier molecular flexibility index (Phi) is 7.52. The summed E-state index contributed by atoms with van der Waals surface area (Å²) in [5.41, 5.74) is 2.13. The summed E-state index contributed by atoms with van der Waals surface area (Å²) in [6, 6.07) is 19.8. The number of carbonyl (C=O) groups excluding carboxylic acids is 2. The van der Waals surface area contributed by atoms with Gasteiger partial charge in [0.2, 0.25) is 16.9 Å². The van der Waals surface area contributed by atoms with Gasteiger partial charge in [-0.05, 0) is 23.8 Å². The number of para-hydroxylation sites is 1. The molecule has 2 heterocycles. The predicted octanol–water partition coefficient (Wildman–Crippen LogP) is 3.63. The molecule has 0 bridgehead atoms. The van der Waals surface area contributed by atoms with Crippen molar-refractivity contribution in [1.82, 2.24) is 15.1 Å². The first kappa shape index (κ1) is 22.0. The van der Waals surface area contributed by atoms with E-state index in [1.807, 2.05) is 53.4 Å². The molecule has 4 rings (SSSR count). The molecule has 164 valence electrons. The molecule has 0 radical (unpaired) electrons. The number of hydrogen-bond acceptors (Lipinski definition) is 7. The normalized spacial score (nSPS) is 14.0. The number of carbonyl (C=O) groups is 2. The molecule has 1 aromatic heterocycles. The molecular weight excluding hydrogens is 442 g/mol. The summed E-state index contributed by atoms with van der Waals surface area (Å²) in [7, 11) is 0. The van der Waals surface area contributed by atoms with Crippen molar-refractivity contribution in [3.63, 3.8) is 0 Å². The lowest BCUT2D eigenvalue weighted by molar-refractivity contribution is -0.128. The maximum atomic E-state index is 12.6. The highest BCUT2D eigenvalue weighted by atomic mass is 32.2. The zero-order valence-corrected chi connectivity index (χ0v) is 19.0. The van der Waals surface area contributed by atoms with Crippen molar-refractivity contribution >= 4 is 51.8 Å². The van der Waals surface area contributed by atoms with Gasteiger partial charge in [-0.1, -0.05) is 71.6 Å². The predicted molar refractivity (Wildman–Crippen MR) is 130 cm³/mol. The van der Waals surface area contributed by atoms with Crippen molar-refractivity contribution in [3.8, 4) is 0 Å². The Balaban J connectivity index is 1.21. The lowest BCUT2D eigenvalue weighted by Crippen LogP contribution is -2.49. The molecule has 0 aliphatic carbocycles. The van der Waals surface area contributed by atoms with Crippen LogP contribution >= 0.6 is 23.1 Å². The number of amides is 2. The maximum Gasteiger partial charge on any atom is 0.250 e. The van der Waals surface area contributed by atoms with Crippen molar-refractivity contribution < 1.29 is 9.59 Å². The van der Waals surface area contributed by atoms with Crippen LogP contribution in [0.1, 0.15) is 5.56 Å². The summed E-state index contributed by atoms with van der Waals surface area (Å²) in [5, 5.41) is 11.2. The fourth-order valence-electron chi connectivity index (χ4n) is 3.27. The van der Waals surface area contributed by atoms with E-state index in [9.17, 15) is 9.59 Å². The highest BCUT2D eigenvalue weighted by Crippen LogP contribution is 2.26. The SMILES string of the molecule is O=C(C=Cc1ccccc1)Nc1nnc(SCC(=O)N2CCN(c3ccccc3)CC2)s1. The lowest BCUT2D eigenvalue weighted by atomic mass is 10.2. The van der Waals surface area contributed by atoms with Gasteiger partial charge < -0.3 is 9.80 Å². The third-order valence-electron chi connectivity index (χ3n) is 4.94. The second-order valence-electron chi connectivity index (χ2n) is 7.10. The molecule has 0 spiro atoms. The number of piperazine rings is 1. The Morgan fingerprint density at radius 3 is 2.38 bits per heavy atom. The zero-order valence-electron chi connectivity index (χ0n) is 17.4. The standard InChI is InChI=1S/C23H23N5O2S2/c29-20(12-11-18-7-3-1-4-8-18)24-22-25-26-23(32-22)31-17-21(30)28-15-13-27(14-16-28)19-9-5-2-6-10-19/h1-12H,13-17H2,(H,24,25,29). The van der Waals surface area contributed by atoms with Gasteiger partial charge in [0.15, 0.2) is 4.34 Å². The van der Waals surface area contributed by atoms with Crippen molar-refractivity contribution in [2.75, 3.05) is 42.1 Å². The number of nitrogens with one attached hydrogen (secondary N) is 1. The minimum Gasteiger partial charge on any atom is -0.368 e. The number of aromatic nitrogens is 2. The van der Waals surface area contributed by atoms with Crippen molar-refractivity contribution in [1.29, 1.82) is 0 Å². The average Bonchev–Trinajstić information content (AvgIpc) is 3.29. The quantitative estimate of drug-likeness (QED) is 0.326. The van der Waals surface area contributed by atoms with E-state index in [4.69, 9.17) is 0 Å². The van der Waals surface area contributed by atoms with Crippen LogP contribution in [0.5, 0.6) is 0 Å². The minimum atomic E-state index is -0.270. The molecule has 1 aliphatic heterocycles. The van der Waals surface area contributed by atoms with Crippen LogP contribution in [-0.2, 0) is 9.59 Å². The van der Waals surface area contributed by atoms with E-state index >= 15 is 0 Å². The van der Waals surface area contributed by atoms with Crippen LogP contribution in [0.4, 0.5) is 10.8 Å². The Morgan fingerprint density at radius 1 is 0.969 bits per heavy atom. The number of nitrogens with zero attached hydrogens (tertiary/aromatic N) is 4. The molecule has 2 amide bonds. The summed E-state index contributed by atoms with van der Waals surface area (Å²) in [6.45, 7) is 3.07. The van der Waals surface area contributed by atoms with Crippen molar-refractivity contribution in [2.45, 2.75) is 4.34 Å². The summed E-state index contributed by atoms with van der Waals surface area (Å²) < 4.78 is 0.656. The first-order valence-electron chi connectivity index (χ1n) is 10.3. The van der Waals surface area contributed by atoms with Gasteiger partial charge in [0.25, 0.3) is 0 Å². The summed E-state index contributed by atoms with van der Waals surface area (Å²) >= 11 is 2.61. The lowest BCUT2D eigenvalue weighted by Gasteiger charge is -2.36. The monoisotopic (exact) mass is 465 g/mol. The van der Waals surface area contributed by atoms with Gasteiger partial charge >= 0.3 is 0 Å². The van der Waals surface area contributed by atoms with E-state index < -0.39 is 0 Å². The average molecular weight is 466 g/mol. The summed E-state index contributed by atoms with van der Waals surface area (Å²) in [5.74, 6) is 0.130. The van der Waals surface area contributed by atoms with E-state index in [-0.39, 0.29) is 11.8 Å². The number of hydrogen-bond donors (Lipinski definition) is 1. The second kappa shape index (κ2) is 10.9. The van der Waals surface area contributed by atoms with Crippen molar-refractivity contribution in [3.05, 3.63) is 72.3 Å². The second-order valence-corrected chi connectivity index (χ2v) is 9.30. The Labute approximate surface area is 195 Å². The van der Waals surface area contributed by atoms with E-state index in [1.54, 1.807) is 6.08 Å². The van der Waals surface area contributed by atoms with Crippen LogP contribution in [0.2, 0.25) is 0 Å². The smallest absolute Gasteiger partial charge is 0.250 e. The van der Waals surface area contributed by atoms with E-state index in [0.29, 0.717) is 28.3 Å². The molecule has 1 aliphatic rings. The summed E-state index contributed by atoms with van der Waals surface area (Å²) in [6.07, 6.45) is 3.20. The number of anilines is 2. The largest absolute Gasteiger partial charge is 0.368 e. The van der Waals surface area contributed by atoms with Crippen LogP contribution in [0.3, 0.4) is 0 Å². The Hall–Kier alpha value is -3.17. The molecule has 2 aromatic carbocycles. The number of rotatable bonds is 7. The van der Waals surface area contributed by atoms with Gasteiger partial charge in [-0.3, -0.25) is 14.9 Å². The van der Waals surface area contributed by atoms with E-state index in [2.05, 4.69) is 32.5 Å². The first-order valence-corrected chi connectivity index (χ1v) is 12.1. The summed E-state index contributed by atoms with van der Waals surface area (Å²) in [4.78, 5) is 28.8. The Bertz CT molecular complexity index is 1060. The molecule has 9 heteroatoms. The third-order valence-corrected chi connectivity index (χ3v) is 6.89. The molecule has 0 unspecified atom stereocenters. The fraction of sp³-hybridized carbons (Fsp3) is 0.217. The van der Waals surface area contributed by atoms with Crippen LogP contribution in [0, 0.1) is 0 Å². The highest BCUT2D eigenvalue weighted by molar-refractivity contribution is 8.01. The van der Waals surface area contributed by atoms with Gasteiger partial charge in [-0.15, -0.1) is 10.2 Å². The maximum absolute atomic E-state index is 12.6. The highest BCUT2D eigenvalue weighted by Gasteiger charge is 2.21. The molecule has 1 N–H and O–H groups in total. The van der Waals surface area contributed by atoms with E-state index in [0.717, 1.165) is 18.7 Å². The van der Waals surface area contributed by atoms with Crippen molar-refractivity contribution in [2.24, 2.45) is 0 Å². The van der Waals surface area contributed by atoms with Gasteiger partial charge in [0.05, 0.1) is 5.75 Å². The molecule has 0 saturated carbocycles. The van der Waals surface area contributed by atoms with Crippen LogP contribution in [0.15, 0.2) is 71.1 Å². The molecule has 32 heavy (non-hydrogen) atoms. The molecule has 7 nitrogen and oxygen atoms in total. The molecule has 0 atom stereocenters. The van der Waals surface area contributed by atoms with Crippen LogP contribution in [-0.4, -0.2) is 58.8 Å². The zero-order chi connectivity index (χ0) is 22.2. The molecular formula is C23H23N5O2S2. The van der Waals surface area contributed by atoms with Gasteiger partial charge in [0, 0.05) is 37.9 Å². The Morgan fingerprint density at radius 2 is 1.66 bits per heavy atom. The van der Waals surface area contributed by atoms with Crippen LogP contribution in [0.25, 0.3) is 6.08 Å². The minimum absolute atomic E-state index is 0.0919. The van der Waals surface area contributed by atoms with Gasteiger partial charge in [-0.2, -0.15) is 0 Å². The molecule has 3 aromatic rings. The number of benzene rings is 2. The first-order chi connectivity index (χ1) is 15.7. The third kappa shape index (κ3) is 6.18. The molecule has 1 fully saturated rings. The topological polar surface area (TPSA) is 78.4 Å². The molecule has 1 saturated heterocycles. The van der Waals surface area contributed by atoms with E-state index in [1.165, 1.54) is 34.9 Å².